The fourth-order valence-corrected chi connectivity index (χ4v) is 3.31. The summed E-state index contributed by atoms with van der Waals surface area (Å²) in [4.78, 5) is 16.5. The highest BCUT2D eigenvalue weighted by Crippen LogP contribution is 2.27. The van der Waals surface area contributed by atoms with Crippen LogP contribution in [0, 0.1) is 3.57 Å². The molecule has 8 heteroatoms. The summed E-state index contributed by atoms with van der Waals surface area (Å²) in [5.41, 5.74) is 1.61. The van der Waals surface area contributed by atoms with Crippen molar-refractivity contribution in [3.05, 3.63) is 52.1 Å². The third kappa shape index (κ3) is 4.73. The van der Waals surface area contributed by atoms with Crippen molar-refractivity contribution in [1.82, 2.24) is 15.2 Å². The number of methoxy groups -OCH3 is 1. The van der Waals surface area contributed by atoms with Crippen LogP contribution in [-0.4, -0.2) is 34.0 Å². The third-order valence-electron chi connectivity index (χ3n) is 3.27. The van der Waals surface area contributed by atoms with E-state index in [9.17, 15) is 4.79 Å². The Hall–Kier alpha value is -2.07. The Morgan fingerprint density at radius 3 is 2.92 bits per heavy atom. The number of amides is 1. The van der Waals surface area contributed by atoms with Gasteiger partial charge in [0.25, 0.3) is 0 Å². The molecule has 0 saturated carbocycles. The van der Waals surface area contributed by atoms with Crippen molar-refractivity contribution in [2.75, 3.05) is 18.2 Å². The summed E-state index contributed by atoms with van der Waals surface area (Å²) in [6, 6.07) is 15.2. The van der Waals surface area contributed by atoms with Gasteiger partial charge >= 0.3 is 0 Å². The van der Waals surface area contributed by atoms with Gasteiger partial charge in [0.15, 0.2) is 5.82 Å². The van der Waals surface area contributed by atoms with Gasteiger partial charge in [0.2, 0.25) is 11.1 Å². The van der Waals surface area contributed by atoms with Gasteiger partial charge in [-0.05, 0) is 52.9 Å². The summed E-state index contributed by atoms with van der Waals surface area (Å²) in [6.45, 7) is 0. The molecule has 0 radical (unpaired) electrons. The van der Waals surface area contributed by atoms with Crippen molar-refractivity contribution >= 4 is 45.9 Å². The maximum Gasteiger partial charge on any atom is 0.234 e. The van der Waals surface area contributed by atoms with Crippen LogP contribution in [0.1, 0.15) is 0 Å². The number of hydrogen-bond donors (Lipinski definition) is 2. The monoisotopic (exact) mass is 466 g/mol. The lowest BCUT2D eigenvalue weighted by atomic mass is 10.2. The molecule has 6 nitrogen and oxygen atoms in total. The molecule has 0 fully saturated rings. The highest BCUT2D eigenvalue weighted by Gasteiger charge is 2.12. The van der Waals surface area contributed by atoms with Crippen molar-refractivity contribution in [3.63, 3.8) is 0 Å². The number of carbonyl (C=O) groups is 1. The SMILES string of the molecule is COc1ccccc1-c1nc(SCC(=O)Nc2cccc(I)c2)n[nH]1. The van der Waals surface area contributed by atoms with Gasteiger partial charge in [0.05, 0.1) is 18.4 Å². The number of ether oxygens (including phenoxy) is 1. The summed E-state index contributed by atoms with van der Waals surface area (Å²) >= 11 is 3.48. The largest absolute Gasteiger partial charge is 0.496 e. The summed E-state index contributed by atoms with van der Waals surface area (Å²) in [5, 5.41) is 10.4. The molecule has 0 aliphatic rings. The molecule has 0 atom stereocenters. The Morgan fingerprint density at radius 2 is 2.12 bits per heavy atom. The Balaban J connectivity index is 1.61. The predicted octanol–water partition coefficient (Wildman–Crippen LogP) is 3.82. The summed E-state index contributed by atoms with van der Waals surface area (Å²) < 4.78 is 6.39. The van der Waals surface area contributed by atoms with E-state index in [1.807, 2.05) is 48.5 Å². The van der Waals surface area contributed by atoms with Crippen molar-refractivity contribution in [3.8, 4) is 17.1 Å². The molecule has 128 valence electrons. The van der Waals surface area contributed by atoms with E-state index in [0.29, 0.717) is 16.7 Å². The number of nitrogens with zero attached hydrogens (tertiary/aromatic N) is 2. The summed E-state index contributed by atoms with van der Waals surface area (Å²) in [6.07, 6.45) is 0. The molecule has 25 heavy (non-hydrogen) atoms. The fraction of sp³-hybridized carbons (Fsp3) is 0.118. The van der Waals surface area contributed by atoms with E-state index < -0.39 is 0 Å². The number of hydrogen-bond acceptors (Lipinski definition) is 5. The summed E-state index contributed by atoms with van der Waals surface area (Å²) in [7, 11) is 1.61. The molecule has 3 rings (SSSR count). The number of thioether (sulfide) groups is 1. The van der Waals surface area contributed by atoms with Crippen LogP contribution >= 0.6 is 34.4 Å². The minimum Gasteiger partial charge on any atom is -0.496 e. The van der Waals surface area contributed by atoms with E-state index in [1.54, 1.807) is 7.11 Å². The number of H-pyrrole nitrogens is 1. The average Bonchev–Trinajstić information content (AvgIpc) is 3.09. The number of halogens is 1. The maximum absolute atomic E-state index is 12.1. The molecule has 1 amide bonds. The second-order valence-electron chi connectivity index (χ2n) is 5.01. The van der Waals surface area contributed by atoms with E-state index in [-0.39, 0.29) is 11.7 Å². The minimum atomic E-state index is -0.101. The van der Waals surface area contributed by atoms with Crippen LogP contribution in [-0.2, 0) is 4.79 Å². The summed E-state index contributed by atoms with van der Waals surface area (Å²) in [5.74, 6) is 1.45. The van der Waals surface area contributed by atoms with Crippen LogP contribution in [0.3, 0.4) is 0 Å². The molecule has 0 aliphatic carbocycles. The van der Waals surface area contributed by atoms with Gasteiger partial charge in [-0.3, -0.25) is 9.89 Å². The first-order chi connectivity index (χ1) is 12.2. The first-order valence-electron chi connectivity index (χ1n) is 7.39. The molecule has 1 heterocycles. The predicted molar refractivity (Wildman–Crippen MR) is 107 cm³/mol. The Bertz CT molecular complexity index is 884. The lowest BCUT2D eigenvalue weighted by Crippen LogP contribution is -2.14. The number of anilines is 1. The van der Waals surface area contributed by atoms with Crippen LogP contribution in [0.5, 0.6) is 5.75 Å². The smallest absolute Gasteiger partial charge is 0.234 e. The maximum atomic E-state index is 12.1. The van der Waals surface area contributed by atoms with Crippen LogP contribution in [0.2, 0.25) is 0 Å². The fourth-order valence-electron chi connectivity index (χ4n) is 2.17. The average molecular weight is 466 g/mol. The number of para-hydroxylation sites is 1. The van der Waals surface area contributed by atoms with Gasteiger partial charge in [-0.2, -0.15) is 0 Å². The van der Waals surface area contributed by atoms with Gasteiger partial charge in [-0.15, -0.1) is 5.10 Å². The van der Waals surface area contributed by atoms with Gasteiger partial charge in [0.1, 0.15) is 5.75 Å². The molecule has 0 saturated heterocycles. The molecular weight excluding hydrogens is 451 g/mol. The molecule has 0 aliphatic heterocycles. The van der Waals surface area contributed by atoms with Crippen LogP contribution < -0.4 is 10.1 Å². The number of rotatable bonds is 6. The Labute approximate surface area is 162 Å². The standard InChI is InChI=1S/C17H15IN4O2S/c1-24-14-8-3-2-7-13(14)16-20-17(22-21-16)25-10-15(23)19-12-6-4-5-11(18)9-12/h2-9H,10H2,1H3,(H,19,23)(H,20,21,22). The third-order valence-corrected chi connectivity index (χ3v) is 4.79. The van der Waals surface area contributed by atoms with E-state index in [0.717, 1.165) is 14.8 Å². The zero-order valence-corrected chi connectivity index (χ0v) is 16.3. The van der Waals surface area contributed by atoms with Crippen LogP contribution in [0.4, 0.5) is 5.69 Å². The number of aromatic amines is 1. The molecule has 2 N–H and O–H groups in total. The number of benzene rings is 2. The highest BCUT2D eigenvalue weighted by molar-refractivity contribution is 14.1. The molecule has 0 bridgehead atoms. The zero-order chi connectivity index (χ0) is 17.6. The minimum absolute atomic E-state index is 0.101. The van der Waals surface area contributed by atoms with Gasteiger partial charge in [-0.25, -0.2) is 4.98 Å². The quantitative estimate of drug-likeness (QED) is 0.427. The first kappa shape index (κ1) is 17.7. The molecular formula is C17H15IN4O2S. The zero-order valence-electron chi connectivity index (χ0n) is 13.3. The van der Waals surface area contributed by atoms with Gasteiger partial charge in [0, 0.05) is 9.26 Å². The van der Waals surface area contributed by atoms with E-state index in [1.165, 1.54) is 11.8 Å². The number of carbonyl (C=O) groups excluding carboxylic acids is 1. The first-order valence-corrected chi connectivity index (χ1v) is 9.46. The van der Waals surface area contributed by atoms with Crippen molar-refractivity contribution in [1.29, 1.82) is 0 Å². The lowest BCUT2D eigenvalue weighted by Gasteiger charge is -2.04. The van der Waals surface area contributed by atoms with Gasteiger partial charge in [-0.1, -0.05) is 30.0 Å². The number of nitrogens with one attached hydrogen (secondary N) is 2. The second kappa shape index (κ2) is 8.34. The molecule has 0 spiro atoms. The van der Waals surface area contributed by atoms with E-state index in [4.69, 9.17) is 4.74 Å². The normalized spacial score (nSPS) is 10.5. The van der Waals surface area contributed by atoms with Crippen LogP contribution in [0.15, 0.2) is 53.7 Å². The van der Waals surface area contributed by atoms with Crippen molar-refractivity contribution < 1.29 is 9.53 Å². The highest BCUT2D eigenvalue weighted by atomic mass is 127. The van der Waals surface area contributed by atoms with Crippen molar-refractivity contribution in [2.24, 2.45) is 0 Å². The number of aromatic nitrogens is 3. The molecule has 3 aromatic rings. The lowest BCUT2D eigenvalue weighted by molar-refractivity contribution is -0.113. The topological polar surface area (TPSA) is 79.9 Å². The molecule has 0 unspecified atom stereocenters. The Morgan fingerprint density at radius 1 is 1.28 bits per heavy atom. The van der Waals surface area contributed by atoms with E-state index in [2.05, 4.69) is 43.1 Å². The molecule has 2 aromatic carbocycles. The second-order valence-corrected chi connectivity index (χ2v) is 7.20. The van der Waals surface area contributed by atoms with E-state index >= 15 is 0 Å². The van der Waals surface area contributed by atoms with Crippen molar-refractivity contribution in [2.45, 2.75) is 5.16 Å². The molecule has 1 aromatic heterocycles. The van der Waals surface area contributed by atoms with Gasteiger partial charge < -0.3 is 10.1 Å². The van der Waals surface area contributed by atoms with Crippen LogP contribution in [0.25, 0.3) is 11.4 Å². The Kier molecular flexibility index (Phi) is 5.92.